The van der Waals surface area contributed by atoms with Gasteiger partial charge in [-0.25, -0.2) is 9.97 Å². The summed E-state index contributed by atoms with van der Waals surface area (Å²) in [4.78, 5) is 88.8. The maximum atomic E-state index is 15.2. The number of dihydropyridines is 1. The van der Waals surface area contributed by atoms with Crippen molar-refractivity contribution in [3.8, 4) is 11.3 Å². The topological polar surface area (TPSA) is 168 Å². The molecule has 388 valence electrons. The number of nitrogens with zero attached hydrogens (tertiary/aromatic N) is 8. The van der Waals surface area contributed by atoms with Gasteiger partial charge in [0.1, 0.15) is 11.3 Å². The molecule has 0 bridgehead atoms. The Labute approximate surface area is 429 Å². The Kier molecular flexibility index (Phi) is 12.7. The maximum Gasteiger partial charge on any atom is 0.238 e. The molecule has 3 N–H and O–H groups in total. The smallest absolute Gasteiger partial charge is 0.238 e. The highest BCUT2D eigenvalue weighted by atomic mass is 16.2. The molecule has 9 heterocycles. The fourth-order valence-electron chi connectivity index (χ4n) is 13.8. The molecule has 1 aromatic carbocycles. The van der Waals surface area contributed by atoms with Crippen molar-refractivity contribution in [3.63, 3.8) is 0 Å². The van der Waals surface area contributed by atoms with Crippen molar-refractivity contribution in [2.24, 2.45) is 17.3 Å². The number of anilines is 2. The zero-order valence-electron chi connectivity index (χ0n) is 43.3. The van der Waals surface area contributed by atoms with Crippen LogP contribution in [0.15, 0.2) is 54.1 Å². The predicted molar refractivity (Wildman–Crippen MR) is 280 cm³/mol. The Hall–Kier alpha value is -5.77. The summed E-state index contributed by atoms with van der Waals surface area (Å²) in [6.45, 7) is 13.4. The average Bonchev–Trinajstić information content (AvgIpc) is 4.05. The van der Waals surface area contributed by atoms with Gasteiger partial charge >= 0.3 is 0 Å². The predicted octanol–water partition coefficient (Wildman–Crippen LogP) is 6.63. The van der Waals surface area contributed by atoms with E-state index in [-0.39, 0.29) is 58.9 Å². The molecule has 2 saturated carbocycles. The lowest BCUT2D eigenvalue weighted by molar-refractivity contribution is -0.141. The molecule has 1 atom stereocenters. The standard InChI is InChI=1S/C57H75N11O5/c1-36(2)67-35-59-46-32-45(61-52(51(46)67)60-40-9-10-40)38-7-12-44-47(29-38)68(42-30-41(31-42)63-21-5-4-6-22-63)55(73)57(44)19-27-65(28-20-57)50(70)33-56(3)17-25-66(26-18-56)54(72)37-15-23-64(24-16-37)48-13-8-39(34-58-48)43-11-14-49(69)62-53(43)71/h7-8,12-13,29,32,35-37,40-43,58H,4-6,9-11,14-28,30-31,33-34H2,1-3H3,(H,60,61)(H,62,69,71)/t41-,42+,43?. The first-order chi connectivity index (χ1) is 35.3. The van der Waals surface area contributed by atoms with Crippen molar-refractivity contribution in [3.05, 3.63) is 59.7 Å². The van der Waals surface area contributed by atoms with E-state index in [4.69, 9.17) is 9.97 Å². The van der Waals surface area contributed by atoms with E-state index >= 15 is 4.79 Å². The molecule has 5 amide bonds. The highest BCUT2D eigenvalue weighted by Crippen LogP contribution is 2.53. The van der Waals surface area contributed by atoms with Crippen LogP contribution in [0.25, 0.3) is 22.3 Å². The number of rotatable bonds is 11. The average molecular weight is 994 g/mol. The lowest BCUT2D eigenvalue weighted by atomic mass is 9.72. The minimum absolute atomic E-state index is 0.0171. The van der Waals surface area contributed by atoms with Gasteiger partial charge in [-0.3, -0.25) is 29.3 Å². The maximum absolute atomic E-state index is 15.2. The zero-order chi connectivity index (χ0) is 50.2. The van der Waals surface area contributed by atoms with Gasteiger partial charge in [-0.1, -0.05) is 31.6 Å². The molecule has 2 aromatic heterocycles. The summed E-state index contributed by atoms with van der Waals surface area (Å²) in [7, 11) is 0. The quantitative estimate of drug-likeness (QED) is 0.177. The number of aromatic nitrogens is 3. The summed E-state index contributed by atoms with van der Waals surface area (Å²) >= 11 is 0. The molecule has 5 saturated heterocycles. The normalized spacial score (nSPS) is 26.6. The molecule has 73 heavy (non-hydrogen) atoms. The van der Waals surface area contributed by atoms with Gasteiger partial charge < -0.3 is 39.7 Å². The lowest BCUT2D eigenvalue weighted by Gasteiger charge is -2.48. The van der Waals surface area contributed by atoms with Crippen LogP contribution in [0.2, 0.25) is 0 Å². The summed E-state index contributed by atoms with van der Waals surface area (Å²) in [6.07, 6.45) is 19.8. The Balaban J connectivity index is 0.684. The molecule has 2 aliphatic carbocycles. The zero-order valence-corrected chi connectivity index (χ0v) is 43.3. The Morgan fingerprint density at radius 1 is 0.836 bits per heavy atom. The first-order valence-electron chi connectivity index (χ1n) is 28.0. The second-order valence-corrected chi connectivity index (χ2v) is 23.9. The van der Waals surface area contributed by atoms with E-state index < -0.39 is 5.41 Å². The number of allylic oxidation sites excluding steroid dienone is 2. The number of carbonyl (C=O) groups excluding carboxylic acids is 5. The van der Waals surface area contributed by atoms with Gasteiger partial charge in [-0.05, 0) is 145 Å². The molecule has 1 spiro atoms. The third-order valence-electron chi connectivity index (χ3n) is 18.7. The number of nitrogens with one attached hydrogen (secondary N) is 3. The molecular weight excluding hydrogens is 919 g/mol. The van der Waals surface area contributed by atoms with Gasteiger partial charge in [0.25, 0.3) is 0 Å². The summed E-state index contributed by atoms with van der Waals surface area (Å²) in [5, 5.41) is 9.66. The number of piperidine rings is 5. The molecule has 16 nitrogen and oxygen atoms in total. The van der Waals surface area contributed by atoms with Crippen LogP contribution in [0.5, 0.6) is 0 Å². The van der Waals surface area contributed by atoms with Crippen molar-refractivity contribution in [1.82, 2.24) is 44.8 Å². The van der Waals surface area contributed by atoms with Crippen LogP contribution in [0, 0.1) is 17.3 Å². The van der Waals surface area contributed by atoms with Crippen LogP contribution in [0.1, 0.15) is 135 Å². The van der Waals surface area contributed by atoms with Crippen LogP contribution < -0.4 is 20.9 Å². The molecule has 9 aliphatic rings. The van der Waals surface area contributed by atoms with Crippen LogP contribution in [0.3, 0.4) is 0 Å². The third-order valence-corrected chi connectivity index (χ3v) is 18.7. The van der Waals surface area contributed by atoms with Crippen LogP contribution in [-0.4, -0.2) is 141 Å². The number of carbonyl (C=O) groups is 5. The summed E-state index contributed by atoms with van der Waals surface area (Å²) < 4.78 is 2.20. The number of pyridine rings is 1. The summed E-state index contributed by atoms with van der Waals surface area (Å²) in [5.41, 5.74) is 6.07. The highest BCUT2D eigenvalue weighted by molar-refractivity contribution is 6.09. The number of imidazole rings is 1. The summed E-state index contributed by atoms with van der Waals surface area (Å²) in [6, 6.07) is 10.1. The van der Waals surface area contributed by atoms with Crippen molar-refractivity contribution in [1.29, 1.82) is 0 Å². The van der Waals surface area contributed by atoms with Crippen molar-refractivity contribution in [2.75, 3.05) is 69.1 Å². The first-order valence-corrected chi connectivity index (χ1v) is 28.0. The van der Waals surface area contributed by atoms with E-state index in [2.05, 4.69) is 80.3 Å². The van der Waals surface area contributed by atoms with Crippen molar-refractivity contribution in [2.45, 2.75) is 153 Å². The van der Waals surface area contributed by atoms with E-state index in [1.807, 2.05) is 28.3 Å². The monoisotopic (exact) mass is 994 g/mol. The Morgan fingerprint density at radius 3 is 2.26 bits per heavy atom. The van der Waals surface area contributed by atoms with Crippen molar-refractivity contribution < 1.29 is 24.0 Å². The largest absolute Gasteiger partial charge is 0.368 e. The molecule has 1 unspecified atom stereocenters. The van der Waals surface area contributed by atoms with Gasteiger partial charge in [0.2, 0.25) is 29.5 Å². The van der Waals surface area contributed by atoms with Crippen LogP contribution in [-0.2, 0) is 29.4 Å². The van der Waals surface area contributed by atoms with E-state index in [1.165, 1.54) is 19.3 Å². The van der Waals surface area contributed by atoms with E-state index in [1.54, 1.807) is 0 Å². The second-order valence-electron chi connectivity index (χ2n) is 23.9. The fraction of sp³-hybridized carbons (Fsp3) is 0.632. The highest BCUT2D eigenvalue weighted by Gasteiger charge is 2.56. The van der Waals surface area contributed by atoms with Gasteiger partial charge in [0.15, 0.2) is 5.82 Å². The number of fused-ring (bicyclic) bond motifs is 3. The van der Waals surface area contributed by atoms with E-state index in [9.17, 15) is 19.2 Å². The van der Waals surface area contributed by atoms with Gasteiger partial charge in [-0.2, -0.15) is 0 Å². The van der Waals surface area contributed by atoms with Crippen molar-refractivity contribution >= 4 is 52.1 Å². The Morgan fingerprint density at radius 2 is 1.58 bits per heavy atom. The molecule has 7 fully saturated rings. The summed E-state index contributed by atoms with van der Waals surface area (Å²) in [5.74, 6) is 1.79. The molecule has 0 radical (unpaired) electrons. The molecule has 7 aliphatic heterocycles. The Bertz CT molecular complexity index is 2740. The fourth-order valence-corrected chi connectivity index (χ4v) is 13.8. The van der Waals surface area contributed by atoms with Gasteiger partial charge in [0.05, 0.1) is 28.9 Å². The van der Waals surface area contributed by atoms with Gasteiger partial charge in [-0.15, -0.1) is 0 Å². The third kappa shape index (κ3) is 9.11. The van der Waals surface area contributed by atoms with Crippen LogP contribution in [0.4, 0.5) is 11.5 Å². The molecule has 3 aromatic rings. The van der Waals surface area contributed by atoms with Crippen LogP contribution >= 0.6 is 0 Å². The molecule has 16 heteroatoms. The van der Waals surface area contributed by atoms with Gasteiger partial charge in [0, 0.05) is 100.0 Å². The number of amides is 5. The minimum Gasteiger partial charge on any atom is -0.368 e. The van der Waals surface area contributed by atoms with E-state index in [0.717, 1.165) is 128 Å². The van der Waals surface area contributed by atoms with E-state index in [0.29, 0.717) is 76.9 Å². The number of hydrogen-bond donors (Lipinski definition) is 3. The number of benzene rings is 1. The number of imide groups is 1. The first kappa shape index (κ1) is 48.2. The number of hydrogen-bond acceptors (Lipinski definition) is 11. The lowest BCUT2D eigenvalue weighted by Crippen LogP contribution is -2.58. The second kappa shape index (κ2) is 19.2. The molecular formula is C57H75N11O5. The molecule has 12 rings (SSSR count). The number of likely N-dealkylation sites (tertiary alicyclic amines) is 4. The minimum atomic E-state index is -0.666. The SMILES string of the molecule is CC(C)n1cnc2cc(-c3ccc4c(c3)N([C@H]3C[C@@H](N5CCCCC5)C3)C(=O)C43CCN(C(=O)CC4(C)CCN(C(=O)C5CCN(C6=CC=C(C7CCC(=O)NC7=O)CN6)CC5)CC4)CC3)nc(NC3CC3)c21.